The second-order valence-corrected chi connectivity index (χ2v) is 6.05. The summed E-state index contributed by atoms with van der Waals surface area (Å²) in [7, 11) is 1.38. The monoisotopic (exact) mass is 413 g/mol. The summed E-state index contributed by atoms with van der Waals surface area (Å²) < 4.78 is 56.6. The molecule has 10 heteroatoms. The smallest absolute Gasteiger partial charge is 0.416 e. The normalized spacial score (nSPS) is 11.4. The highest BCUT2D eigenvalue weighted by Crippen LogP contribution is 2.34. The highest BCUT2D eigenvalue weighted by Gasteiger charge is 2.31. The minimum atomic E-state index is -4.55. The van der Waals surface area contributed by atoms with Gasteiger partial charge in [0.2, 0.25) is 0 Å². The first kappa shape index (κ1) is 19.7. The number of halogens is 5. The van der Waals surface area contributed by atoms with Gasteiger partial charge in [-0.2, -0.15) is 13.2 Å². The molecule has 0 saturated carbocycles. The van der Waals surface area contributed by atoms with Gasteiger partial charge in [0.1, 0.15) is 17.4 Å². The maximum Gasteiger partial charge on any atom is 0.416 e. The molecule has 3 aromatic rings. The van der Waals surface area contributed by atoms with Crippen LogP contribution in [-0.2, 0) is 6.18 Å². The van der Waals surface area contributed by atoms with Gasteiger partial charge in [-0.25, -0.2) is 14.2 Å². The molecule has 0 saturated heterocycles. The molecule has 28 heavy (non-hydrogen) atoms. The zero-order valence-corrected chi connectivity index (χ0v) is 15.0. The average molecular weight is 414 g/mol. The summed E-state index contributed by atoms with van der Waals surface area (Å²) in [5.74, 6) is -0.0909. The maximum absolute atomic E-state index is 13.4. The third kappa shape index (κ3) is 4.25. The summed E-state index contributed by atoms with van der Waals surface area (Å²) in [6.07, 6.45) is -4.55. The Morgan fingerprint density at radius 3 is 2.50 bits per heavy atom. The van der Waals surface area contributed by atoms with E-state index in [1.54, 1.807) is 0 Å². The van der Waals surface area contributed by atoms with Gasteiger partial charge >= 0.3 is 12.2 Å². The number of urea groups is 1. The predicted octanol–water partition coefficient (Wildman–Crippen LogP) is 5.70. The van der Waals surface area contributed by atoms with Crippen LogP contribution in [-0.4, -0.2) is 18.1 Å². The summed E-state index contributed by atoms with van der Waals surface area (Å²) in [5.41, 5.74) is -0.567. The Labute approximate surface area is 161 Å². The molecule has 0 spiro atoms. The van der Waals surface area contributed by atoms with Crippen LogP contribution in [0.2, 0.25) is 5.02 Å². The van der Waals surface area contributed by atoms with Gasteiger partial charge in [0.15, 0.2) is 0 Å². The van der Waals surface area contributed by atoms with Gasteiger partial charge in [-0.15, -0.1) is 0 Å². The third-order valence-electron chi connectivity index (χ3n) is 3.74. The van der Waals surface area contributed by atoms with E-state index in [0.29, 0.717) is 17.0 Å². The number of rotatable bonds is 3. The topological polar surface area (TPSA) is 63.2 Å². The van der Waals surface area contributed by atoms with Crippen LogP contribution in [0, 0.1) is 5.82 Å². The lowest BCUT2D eigenvalue weighted by atomic mass is 10.2. The van der Waals surface area contributed by atoms with E-state index < -0.39 is 23.6 Å². The number of ether oxygens (including phenoxy) is 1. The summed E-state index contributed by atoms with van der Waals surface area (Å²) >= 11 is 5.81. The van der Waals surface area contributed by atoms with Gasteiger partial charge in [-0.1, -0.05) is 11.6 Å². The molecule has 0 aliphatic rings. The molecule has 0 atom stereocenters. The van der Waals surface area contributed by atoms with E-state index in [1.807, 2.05) is 0 Å². The number of nitrogens with one attached hydrogen (secondary N) is 2. The number of carbonyl (C=O) groups is 1. The Balaban J connectivity index is 1.81. The standard InChI is InChI=1S/C18H12ClF4N3O2/c1-28-15-8-16(24-13-5-3-10(20)7-11(13)15)26-17(27)25-14-4-2-9(6-12(14)19)18(21,22)23/h2-8H,1H3,(H2,24,25,26,27). The average Bonchev–Trinajstić information content (AvgIpc) is 2.62. The molecular weight excluding hydrogens is 402 g/mol. The predicted molar refractivity (Wildman–Crippen MR) is 97.3 cm³/mol. The van der Waals surface area contributed by atoms with E-state index in [9.17, 15) is 22.4 Å². The molecule has 0 aliphatic carbocycles. The Morgan fingerprint density at radius 2 is 1.86 bits per heavy atom. The lowest BCUT2D eigenvalue weighted by Crippen LogP contribution is -2.20. The number of methoxy groups -OCH3 is 1. The first-order valence-electron chi connectivity index (χ1n) is 7.76. The van der Waals surface area contributed by atoms with E-state index in [1.165, 1.54) is 31.4 Å². The molecule has 0 unspecified atom stereocenters. The molecule has 2 N–H and O–H groups in total. The Morgan fingerprint density at radius 1 is 1.11 bits per heavy atom. The Hall–Kier alpha value is -3.07. The molecule has 5 nitrogen and oxygen atoms in total. The number of carbonyl (C=O) groups excluding carboxylic acids is 1. The zero-order chi connectivity index (χ0) is 20.5. The number of aromatic nitrogens is 1. The molecule has 2 aromatic carbocycles. The lowest BCUT2D eigenvalue weighted by molar-refractivity contribution is -0.137. The van der Waals surface area contributed by atoms with Gasteiger partial charge < -0.3 is 10.1 Å². The van der Waals surface area contributed by atoms with Crippen LogP contribution < -0.4 is 15.4 Å². The number of pyridine rings is 1. The van der Waals surface area contributed by atoms with Crippen LogP contribution in [0.1, 0.15) is 5.56 Å². The number of anilines is 2. The van der Waals surface area contributed by atoms with Crippen LogP contribution in [0.25, 0.3) is 10.9 Å². The number of fused-ring (bicyclic) bond motifs is 1. The van der Waals surface area contributed by atoms with Crippen molar-refractivity contribution in [3.8, 4) is 5.75 Å². The lowest BCUT2D eigenvalue weighted by Gasteiger charge is -2.13. The highest BCUT2D eigenvalue weighted by atomic mass is 35.5. The van der Waals surface area contributed by atoms with Crippen molar-refractivity contribution in [2.45, 2.75) is 6.18 Å². The molecule has 3 rings (SSSR count). The number of hydrogen-bond acceptors (Lipinski definition) is 3. The highest BCUT2D eigenvalue weighted by molar-refractivity contribution is 6.33. The fourth-order valence-electron chi connectivity index (χ4n) is 2.46. The van der Waals surface area contributed by atoms with Crippen molar-refractivity contribution in [1.29, 1.82) is 0 Å². The number of hydrogen-bond donors (Lipinski definition) is 2. The van der Waals surface area contributed by atoms with Crippen molar-refractivity contribution in [3.63, 3.8) is 0 Å². The molecule has 0 fully saturated rings. The maximum atomic E-state index is 13.4. The number of nitrogens with zero attached hydrogens (tertiary/aromatic N) is 1. The molecule has 0 radical (unpaired) electrons. The summed E-state index contributed by atoms with van der Waals surface area (Å²) in [6.45, 7) is 0. The number of amides is 2. The zero-order valence-electron chi connectivity index (χ0n) is 14.2. The van der Waals surface area contributed by atoms with Crippen LogP contribution in [0.3, 0.4) is 0 Å². The minimum absolute atomic E-state index is 0.0120. The quantitative estimate of drug-likeness (QED) is 0.541. The first-order chi connectivity index (χ1) is 13.2. The van der Waals surface area contributed by atoms with Crippen molar-refractivity contribution in [2.75, 3.05) is 17.7 Å². The van der Waals surface area contributed by atoms with Crippen LogP contribution in [0.15, 0.2) is 42.5 Å². The molecule has 2 amide bonds. The molecule has 146 valence electrons. The van der Waals surface area contributed by atoms with E-state index >= 15 is 0 Å². The number of benzene rings is 2. The van der Waals surface area contributed by atoms with Crippen molar-refractivity contribution < 1.29 is 27.1 Å². The molecule has 1 aromatic heterocycles. The van der Waals surface area contributed by atoms with Gasteiger partial charge in [0.25, 0.3) is 0 Å². The van der Waals surface area contributed by atoms with Crippen molar-refractivity contribution in [2.24, 2.45) is 0 Å². The van der Waals surface area contributed by atoms with Crippen LogP contribution >= 0.6 is 11.6 Å². The van der Waals surface area contributed by atoms with Gasteiger partial charge in [0.05, 0.1) is 28.9 Å². The Bertz CT molecular complexity index is 1060. The second kappa shape index (κ2) is 7.51. The summed E-state index contributed by atoms with van der Waals surface area (Å²) in [4.78, 5) is 16.3. The van der Waals surface area contributed by atoms with E-state index in [-0.39, 0.29) is 22.3 Å². The number of alkyl halides is 3. The van der Waals surface area contributed by atoms with Crippen molar-refractivity contribution >= 4 is 40.0 Å². The molecule has 0 bridgehead atoms. The summed E-state index contributed by atoms with van der Waals surface area (Å²) in [6, 6.07) is 7.03. The van der Waals surface area contributed by atoms with E-state index in [4.69, 9.17) is 16.3 Å². The van der Waals surface area contributed by atoms with Crippen LogP contribution in [0.5, 0.6) is 5.75 Å². The van der Waals surface area contributed by atoms with E-state index in [2.05, 4.69) is 15.6 Å². The van der Waals surface area contributed by atoms with Crippen LogP contribution in [0.4, 0.5) is 33.9 Å². The summed E-state index contributed by atoms with van der Waals surface area (Å²) in [5, 5.41) is 4.91. The largest absolute Gasteiger partial charge is 0.496 e. The van der Waals surface area contributed by atoms with E-state index in [0.717, 1.165) is 12.1 Å². The Kier molecular flexibility index (Phi) is 5.28. The second-order valence-electron chi connectivity index (χ2n) is 5.64. The molecular formula is C18H12ClF4N3O2. The van der Waals surface area contributed by atoms with Gasteiger partial charge in [0, 0.05) is 11.5 Å². The molecule has 1 heterocycles. The molecule has 0 aliphatic heterocycles. The van der Waals surface area contributed by atoms with Gasteiger partial charge in [-0.3, -0.25) is 5.32 Å². The third-order valence-corrected chi connectivity index (χ3v) is 4.05. The first-order valence-corrected chi connectivity index (χ1v) is 8.14. The van der Waals surface area contributed by atoms with Crippen molar-refractivity contribution in [1.82, 2.24) is 4.98 Å². The SMILES string of the molecule is COc1cc(NC(=O)Nc2ccc(C(F)(F)F)cc2Cl)nc2ccc(F)cc12. The van der Waals surface area contributed by atoms with Crippen molar-refractivity contribution in [3.05, 3.63) is 58.9 Å². The minimum Gasteiger partial charge on any atom is -0.496 e. The fourth-order valence-corrected chi connectivity index (χ4v) is 2.69. The van der Waals surface area contributed by atoms with Gasteiger partial charge in [-0.05, 0) is 36.4 Å². The fraction of sp³-hybridized carbons (Fsp3) is 0.111.